The summed E-state index contributed by atoms with van der Waals surface area (Å²) in [7, 11) is 0. The molecule has 0 unspecified atom stereocenters. The Bertz CT molecular complexity index is 1080. The van der Waals surface area contributed by atoms with Crippen LogP contribution in [-0.4, -0.2) is 16.7 Å². The van der Waals surface area contributed by atoms with Gasteiger partial charge in [-0.15, -0.1) is 11.3 Å². The van der Waals surface area contributed by atoms with Gasteiger partial charge in [-0.3, -0.25) is 14.5 Å². The summed E-state index contributed by atoms with van der Waals surface area (Å²) in [4.78, 5) is 29.7. The highest BCUT2D eigenvalue weighted by Crippen LogP contribution is 2.32. The molecule has 150 valence electrons. The molecule has 29 heavy (non-hydrogen) atoms. The van der Waals surface area contributed by atoms with Crippen molar-refractivity contribution in [3.8, 4) is 5.75 Å². The number of amides is 1. The standard InChI is InChI=1S/C22H21FN2O3S/c1-13-6-5-7-21(14(13)2)25(16(4)27)22-24-17(12-29-22)11-28-18-8-9-19(15(3)26)20(23)10-18/h5-10,12H,11H2,1-4H3. The Morgan fingerprint density at radius 2 is 1.93 bits per heavy atom. The predicted octanol–water partition coefficient (Wildman–Crippen LogP) is 5.37. The molecule has 0 bridgehead atoms. The van der Waals surface area contributed by atoms with E-state index in [9.17, 15) is 14.0 Å². The van der Waals surface area contributed by atoms with Crippen LogP contribution in [0.4, 0.5) is 15.2 Å². The number of benzene rings is 2. The number of rotatable bonds is 6. The highest BCUT2D eigenvalue weighted by molar-refractivity contribution is 7.14. The van der Waals surface area contributed by atoms with Gasteiger partial charge in [0.15, 0.2) is 10.9 Å². The quantitative estimate of drug-likeness (QED) is 0.511. The summed E-state index contributed by atoms with van der Waals surface area (Å²) in [6.07, 6.45) is 0. The maximum Gasteiger partial charge on any atom is 0.230 e. The van der Waals surface area contributed by atoms with Gasteiger partial charge in [-0.25, -0.2) is 9.37 Å². The van der Waals surface area contributed by atoms with Crippen molar-refractivity contribution in [1.82, 2.24) is 4.98 Å². The lowest BCUT2D eigenvalue weighted by Gasteiger charge is -2.21. The average molecular weight is 412 g/mol. The zero-order valence-corrected chi connectivity index (χ0v) is 17.5. The molecule has 1 amide bonds. The Kier molecular flexibility index (Phi) is 6.08. The van der Waals surface area contributed by atoms with Crippen LogP contribution in [0.25, 0.3) is 0 Å². The molecule has 0 N–H and O–H groups in total. The maximum atomic E-state index is 13.9. The number of aryl methyl sites for hydroxylation is 1. The second-order valence-corrected chi connectivity index (χ2v) is 7.52. The van der Waals surface area contributed by atoms with Crippen molar-refractivity contribution in [3.05, 3.63) is 70.0 Å². The van der Waals surface area contributed by atoms with E-state index in [1.54, 1.807) is 16.3 Å². The highest BCUT2D eigenvalue weighted by atomic mass is 32.1. The van der Waals surface area contributed by atoms with E-state index in [4.69, 9.17) is 4.74 Å². The van der Waals surface area contributed by atoms with Crippen molar-refractivity contribution >= 4 is 33.8 Å². The molecule has 1 heterocycles. The SMILES string of the molecule is CC(=O)c1ccc(OCc2csc(N(C(C)=O)c3cccc(C)c3C)n2)cc1F. The molecule has 0 radical (unpaired) electrons. The van der Waals surface area contributed by atoms with Gasteiger partial charge in [0, 0.05) is 18.4 Å². The molecule has 0 spiro atoms. The van der Waals surface area contributed by atoms with Gasteiger partial charge in [0.1, 0.15) is 18.2 Å². The van der Waals surface area contributed by atoms with E-state index in [2.05, 4.69) is 4.98 Å². The van der Waals surface area contributed by atoms with Gasteiger partial charge in [-0.2, -0.15) is 0 Å². The number of nitrogens with zero attached hydrogens (tertiary/aromatic N) is 2. The minimum absolute atomic E-state index is 0.0268. The Balaban J connectivity index is 1.79. The minimum Gasteiger partial charge on any atom is -0.487 e. The Morgan fingerprint density at radius 3 is 2.59 bits per heavy atom. The van der Waals surface area contributed by atoms with Crippen LogP contribution in [0.2, 0.25) is 0 Å². The molecule has 1 aromatic heterocycles. The molecule has 0 aliphatic carbocycles. The number of anilines is 2. The van der Waals surface area contributed by atoms with Crippen LogP contribution in [0, 0.1) is 19.7 Å². The number of thiazole rings is 1. The van der Waals surface area contributed by atoms with Crippen molar-refractivity contribution in [2.24, 2.45) is 0 Å². The van der Waals surface area contributed by atoms with Gasteiger partial charge >= 0.3 is 0 Å². The molecule has 0 aliphatic rings. The number of ether oxygens (including phenoxy) is 1. The number of halogens is 1. The molecule has 0 aliphatic heterocycles. The fourth-order valence-corrected chi connectivity index (χ4v) is 3.74. The van der Waals surface area contributed by atoms with Gasteiger partial charge in [-0.1, -0.05) is 12.1 Å². The number of ketones is 1. The molecule has 2 aromatic carbocycles. The third-order valence-electron chi connectivity index (χ3n) is 4.57. The Morgan fingerprint density at radius 1 is 1.17 bits per heavy atom. The van der Waals surface area contributed by atoms with Gasteiger partial charge in [0.25, 0.3) is 0 Å². The molecule has 5 nitrogen and oxygen atoms in total. The zero-order valence-electron chi connectivity index (χ0n) is 16.7. The van der Waals surface area contributed by atoms with Crippen molar-refractivity contribution < 1.29 is 18.7 Å². The molecule has 0 fully saturated rings. The first-order valence-corrected chi connectivity index (χ1v) is 9.90. The predicted molar refractivity (Wildman–Crippen MR) is 112 cm³/mol. The minimum atomic E-state index is -0.619. The van der Waals surface area contributed by atoms with Crippen LogP contribution in [0.1, 0.15) is 41.0 Å². The van der Waals surface area contributed by atoms with Crippen molar-refractivity contribution in [2.75, 3.05) is 4.90 Å². The van der Waals surface area contributed by atoms with E-state index in [1.165, 1.54) is 37.3 Å². The molecular weight excluding hydrogens is 391 g/mol. The van der Waals surface area contributed by atoms with E-state index in [1.807, 2.05) is 32.0 Å². The number of carbonyl (C=O) groups excluding carboxylic acids is 2. The Labute approximate surface area is 172 Å². The van der Waals surface area contributed by atoms with Crippen LogP contribution in [0.3, 0.4) is 0 Å². The van der Waals surface area contributed by atoms with Gasteiger partial charge in [0.2, 0.25) is 5.91 Å². The van der Waals surface area contributed by atoms with Crippen molar-refractivity contribution in [2.45, 2.75) is 34.3 Å². The van der Waals surface area contributed by atoms with Gasteiger partial charge in [-0.05, 0) is 50.1 Å². The number of aromatic nitrogens is 1. The molecule has 3 rings (SSSR count). The van der Waals surface area contributed by atoms with Gasteiger partial charge in [0.05, 0.1) is 16.9 Å². The van der Waals surface area contributed by atoms with E-state index in [0.29, 0.717) is 16.6 Å². The third-order valence-corrected chi connectivity index (χ3v) is 5.44. The molecular formula is C22H21FN2O3S. The van der Waals surface area contributed by atoms with Crippen LogP contribution >= 0.6 is 11.3 Å². The van der Waals surface area contributed by atoms with Crippen molar-refractivity contribution in [3.63, 3.8) is 0 Å². The van der Waals surface area contributed by atoms with Crippen LogP contribution in [0.15, 0.2) is 41.8 Å². The molecule has 3 aromatic rings. The number of Topliss-reactive ketones (excluding diaryl/α,β-unsaturated/α-hetero) is 1. The summed E-state index contributed by atoms with van der Waals surface area (Å²) in [6, 6.07) is 9.92. The van der Waals surface area contributed by atoms with Crippen LogP contribution < -0.4 is 9.64 Å². The third kappa shape index (κ3) is 4.51. The lowest BCUT2D eigenvalue weighted by Crippen LogP contribution is -2.23. The first-order chi connectivity index (χ1) is 13.8. The zero-order chi connectivity index (χ0) is 21.1. The summed E-state index contributed by atoms with van der Waals surface area (Å²) in [5, 5.41) is 2.35. The molecule has 0 saturated carbocycles. The number of hydrogen-bond acceptors (Lipinski definition) is 5. The average Bonchev–Trinajstić information content (AvgIpc) is 3.11. The highest BCUT2D eigenvalue weighted by Gasteiger charge is 2.20. The summed E-state index contributed by atoms with van der Waals surface area (Å²) < 4.78 is 19.5. The summed E-state index contributed by atoms with van der Waals surface area (Å²) in [5.41, 5.74) is 3.54. The summed E-state index contributed by atoms with van der Waals surface area (Å²) in [6.45, 7) is 6.89. The van der Waals surface area contributed by atoms with Gasteiger partial charge < -0.3 is 4.74 Å². The monoisotopic (exact) mass is 412 g/mol. The topological polar surface area (TPSA) is 59.5 Å². The number of carbonyl (C=O) groups is 2. The summed E-state index contributed by atoms with van der Waals surface area (Å²) in [5.74, 6) is -0.789. The summed E-state index contributed by atoms with van der Waals surface area (Å²) >= 11 is 1.34. The molecule has 7 heteroatoms. The fraction of sp³-hybridized carbons (Fsp3) is 0.227. The first-order valence-electron chi connectivity index (χ1n) is 9.02. The maximum absolute atomic E-state index is 13.9. The van der Waals surface area contributed by atoms with E-state index in [-0.39, 0.29) is 23.9 Å². The Hall–Kier alpha value is -3.06. The first kappa shape index (κ1) is 20.7. The lowest BCUT2D eigenvalue weighted by atomic mass is 10.1. The second-order valence-electron chi connectivity index (χ2n) is 6.68. The molecule has 0 saturated heterocycles. The lowest BCUT2D eigenvalue weighted by molar-refractivity contribution is -0.115. The normalized spacial score (nSPS) is 10.7. The van der Waals surface area contributed by atoms with E-state index < -0.39 is 5.82 Å². The number of hydrogen-bond donors (Lipinski definition) is 0. The largest absolute Gasteiger partial charge is 0.487 e. The fourth-order valence-electron chi connectivity index (χ4n) is 2.88. The van der Waals surface area contributed by atoms with E-state index in [0.717, 1.165) is 16.8 Å². The van der Waals surface area contributed by atoms with E-state index >= 15 is 0 Å². The van der Waals surface area contributed by atoms with Crippen LogP contribution in [-0.2, 0) is 11.4 Å². The smallest absolute Gasteiger partial charge is 0.230 e. The van der Waals surface area contributed by atoms with Crippen molar-refractivity contribution in [1.29, 1.82) is 0 Å². The second kappa shape index (κ2) is 8.53. The van der Waals surface area contributed by atoms with Crippen LogP contribution in [0.5, 0.6) is 5.75 Å². The molecule has 0 atom stereocenters.